The zero-order valence-corrected chi connectivity index (χ0v) is 10.9. The Morgan fingerprint density at radius 3 is 2.79 bits per heavy atom. The molecule has 0 radical (unpaired) electrons. The van der Waals surface area contributed by atoms with Gasteiger partial charge in [-0.2, -0.15) is 5.10 Å². The number of primary amides is 1. The van der Waals surface area contributed by atoms with Gasteiger partial charge in [0.15, 0.2) is 0 Å². The Morgan fingerprint density at radius 2 is 2.16 bits per heavy atom. The Morgan fingerprint density at radius 1 is 1.42 bits per heavy atom. The minimum Gasteiger partial charge on any atom is -0.368 e. The molecule has 0 aliphatic rings. The first-order valence-electron chi connectivity index (χ1n) is 6.34. The molecular formula is C14H18N4O. The van der Waals surface area contributed by atoms with Crippen LogP contribution >= 0.6 is 0 Å². The van der Waals surface area contributed by atoms with Gasteiger partial charge in [-0.05, 0) is 12.0 Å². The van der Waals surface area contributed by atoms with E-state index in [9.17, 15) is 4.79 Å². The van der Waals surface area contributed by atoms with E-state index < -0.39 is 11.9 Å². The summed E-state index contributed by atoms with van der Waals surface area (Å²) in [5.41, 5.74) is 7.09. The second-order valence-corrected chi connectivity index (χ2v) is 4.38. The van der Waals surface area contributed by atoms with Gasteiger partial charge >= 0.3 is 0 Å². The largest absolute Gasteiger partial charge is 0.368 e. The predicted molar refractivity (Wildman–Crippen MR) is 74.5 cm³/mol. The summed E-state index contributed by atoms with van der Waals surface area (Å²) in [6.45, 7) is 2.94. The van der Waals surface area contributed by atoms with E-state index in [1.807, 2.05) is 41.2 Å². The molecule has 1 aromatic carbocycles. The van der Waals surface area contributed by atoms with Gasteiger partial charge in [0, 0.05) is 12.7 Å². The van der Waals surface area contributed by atoms with E-state index in [2.05, 4.69) is 17.3 Å². The van der Waals surface area contributed by atoms with Gasteiger partial charge in [0.2, 0.25) is 5.91 Å². The molecule has 100 valence electrons. The van der Waals surface area contributed by atoms with Crippen LogP contribution in [0.2, 0.25) is 0 Å². The van der Waals surface area contributed by atoms with Crippen LogP contribution in [-0.4, -0.2) is 15.7 Å². The average Bonchev–Trinajstić information content (AvgIpc) is 2.85. The number of carbonyl (C=O) groups excluding carboxylic acids is 1. The first kappa shape index (κ1) is 13.1. The van der Waals surface area contributed by atoms with Gasteiger partial charge in [0.1, 0.15) is 6.04 Å². The van der Waals surface area contributed by atoms with Gasteiger partial charge in [-0.1, -0.05) is 37.3 Å². The summed E-state index contributed by atoms with van der Waals surface area (Å²) in [5.74, 6) is -0.408. The van der Waals surface area contributed by atoms with Crippen molar-refractivity contribution in [3.63, 3.8) is 0 Å². The smallest absolute Gasteiger partial charge is 0.244 e. The molecule has 0 saturated heterocycles. The van der Waals surface area contributed by atoms with Gasteiger partial charge in [-0.3, -0.25) is 9.48 Å². The molecule has 5 nitrogen and oxygen atoms in total. The van der Waals surface area contributed by atoms with Crippen molar-refractivity contribution in [3.05, 3.63) is 48.3 Å². The highest BCUT2D eigenvalue weighted by atomic mass is 16.1. The third-order valence-corrected chi connectivity index (χ3v) is 2.81. The maximum atomic E-state index is 11.6. The summed E-state index contributed by atoms with van der Waals surface area (Å²) < 4.78 is 1.84. The molecule has 1 heterocycles. The molecule has 1 amide bonds. The number of nitrogens with two attached hydrogens (primary N) is 1. The number of carbonyl (C=O) groups is 1. The molecule has 0 bridgehead atoms. The number of hydrogen-bond acceptors (Lipinski definition) is 3. The van der Waals surface area contributed by atoms with Crippen LogP contribution in [0.4, 0.5) is 5.69 Å². The Kier molecular flexibility index (Phi) is 4.18. The van der Waals surface area contributed by atoms with E-state index >= 15 is 0 Å². The standard InChI is InChI=1S/C14H18N4O/c1-2-8-18-10-12(9-16-18)17-13(14(15)19)11-6-4-3-5-7-11/h3-7,9-10,13,17H,2,8H2,1H3,(H2,15,19). The Balaban J connectivity index is 2.15. The number of rotatable bonds is 6. The SMILES string of the molecule is CCCn1cc(NC(C(N)=O)c2ccccc2)cn1. The molecule has 0 spiro atoms. The molecule has 0 saturated carbocycles. The molecule has 0 aliphatic carbocycles. The summed E-state index contributed by atoms with van der Waals surface area (Å²) in [7, 11) is 0. The lowest BCUT2D eigenvalue weighted by atomic mass is 10.1. The third-order valence-electron chi connectivity index (χ3n) is 2.81. The summed E-state index contributed by atoms with van der Waals surface area (Å²) >= 11 is 0. The molecule has 2 aromatic rings. The molecule has 0 fully saturated rings. The highest BCUT2D eigenvalue weighted by Crippen LogP contribution is 2.18. The predicted octanol–water partition coefficient (Wildman–Crippen LogP) is 1.93. The normalized spacial score (nSPS) is 12.1. The maximum Gasteiger partial charge on any atom is 0.244 e. The van der Waals surface area contributed by atoms with E-state index in [0.29, 0.717) is 0 Å². The van der Waals surface area contributed by atoms with Gasteiger partial charge < -0.3 is 11.1 Å². The Bertz CT molecular complexity index is 535. The van der Waals surface area contributed by atoms with E-state index in [1.165, 1.54) is 0 Å². The zero-order valence-electron chi connectivity index (χ0n) is 10.9. The molecule has 0 aliphatic heterocycles. The minimum atomic E-state index is -0.541. The van der Waals surface area contributed by atoms with Crippen molar-refractivity contribution in [2.45, 2.75) is 25.9 Å². The fraction of sp³-hybridized carbons (Fsp3) is 0.286. The highest BCUT2D eigenvalue weighted by Gasteiger charge is 2.17. The molecule has 1 unspecified atom stereocenters. The number of hydrogen-bond donors (Lipinski definition) is 2. The Hall–Kier alpha value is -2.30. The molecule has 19 heavy (non-hydrogen) atoms. The number of amides is 1. The van der Waals surface area contributed by atoms with E-state index in [4.69, 9.17) is 5.73 Å². The van der Waals surface area contributed by atoms with Gasteiger partial charge in [0.05, 0.1) is 11.9 Å². The van der Waals surface area contributed by atoms with E-state index in [0.717, 1.165) is 24.2 Å². The van der Waals surface area contributed by atoms with Crippen LogP contribution in [0, 0.1) is 0 Å². The number of benzene rings is 1. The van der Waals surface area contributed by atoms with Crippen molar-refractivity contribution in [2.75, 3.05) is 5.32 Å². The van der Waals surface area contributed by atoms with Crippen LogP contribution in [0.1, 0.15) is 24.9 Å². The maximum absolute atomic E-state index is 11.6. The van der Waals surface area contributed by atoms with Crippen LogP contribution in [0.25, 0.3) is 0 Å². The molecule has 5 heteroatoms. The number of aromatic nitrogens is 2. The van der Waals surface area contributed by atoms with Crippen LogP contribution in [0.3, 0.4) is 0 Å². The molecular weight excluding hydrogens is 240 g/mol. The van der Waals surface area contributed by atoms with Gasteiger partial charge in [-0.15, -0.1) is 0 Å². The van der Waals surface area contributed by atoms with Crippen molar-refractivity contribution in [1.29, 1.82) is 0 Å². The molecule has 1 atom stereocenters. The zero-order chi connectivity index (χ0) is 13.7. The van der Waals surface area contributed by atoms with Crippen LogP contribution in [-0.2, 0) is 11.3 Å². The average molecular weight is 258 g/mol. The monoisotopic (exact) mass is 258 g/mol. The van der Waals surface area contributed by atoms with Crippen LogP contribution < -0.4 is 11.1 Å². The quantitative estimate of drug-likeness (QED) is 0.831. The summed E-state index contributed by atoms with van der Waals surface area (Å²) in [5, 5.41) is 7.33. The fourth-order valence-corrected chi connectivity index (χ4v) is 1.92. The number of nitrogens with zero attached hydrogens (tertiary/aromatic N) is 2. The Labute approximate surface area is 112 Å². The lowest BCUT2D eigenvalue weighted by Gasteiger charge is -2.15. The highest BCUT2D eigenvalue weighted by molar-refractivity contribution is 5.84. The molecule has 3 N–H and O–H groups in total. The second kappa shape index (κ2) is 6.04. The molecule has 1 aromatic heterocycles. The van der Waals surface area contributed by atoms with Crippen molar-refractivity contribution in [1.82, 2.24) is 9.78 Å². The van der Waals surface area contributed by atoms with Crippen molar-refractivity contribution in [2.24, 2.45) is 5.73 Å². The van der Waals surface area contributed by atoms with Crippen LogP contribution in [0.15, 0.2) is 42.7 Å². The number of anilines is 1. The summed E-state index contributed by atoms with van der Waals surface area (Å²) in [4.78, 5) is 11.6. The summed E-state index contributed by atoms with van der Waals surface area (Å²) in [6.07, 6.45) is 4.59. The fourth-order valence-electron chi connectivity index (χ4n) is 1.92. The second-order valence-electron chi connectivity index (χ2n) is 4.38. The minimum absolute atomic E-state index is 0.408. The summed E-state index contributed by atoms with van der Waals surface area (Å²) in [6, 6.07) is 8.87. The molecule has 2 rings (SSSR count). The first-order chi connectivity index (χ1) is 9.20. The van der Waals surface area contributed by atoms with Crippen LogP contribution in [0.5, 0.6) is 0 Å². The van der Waals surface area contributed by atoms with Crippen molar-refractivity contribution < 1.29 is 4.79 Å². The lowest BCUT2D eigenvalue weighted by Crippen LogP contribution is -2.27. The van der Waals surface area contributed by atoms with Gasteiger partial charge in [-0.25, -0.2) is 0 Å². The topological polar surface area (TPSA) is 72.9 Å². The van der Waals surface area contributed by atoms with E-state index in [1.54, 1.807) is 6.20 Å². The number of aryl methyl sites for hydroxylation is 1. The van der Waals surface area contributed by atoms with Gasteiger partial charge in [0.25, 0.3) is 0 Å². The number of nitrogens with one attached hydrogen (secondary N) is 1. The lowest BCUT2D eigenvalue weighted by molar-refractivity contribution is -0.118. The van der Waals surface area contributed by atoms with Crippen molar-refractivity contribution >= 4 is 11.6 Å². The van der Waals surface area contributed by atoms with E-state index in [-0.39, 0.29) is 0 Å². The van der Waals surface area contributed by atoms with Crippen molar-refractivity contribution in [3.8, 4) is 0 Å². The first-order valence-corrected chi connectivity index (χ1v) is 6.34. The third kappa shape index (κ3) is 3.34.